The molecule has 0 saturated heterocycles. The first-order chi connectivity index (χ1) is 10.9. The summed E-state index contributed by atoms with van der Waals surface area (Å²) in [7, 11) is 1.31. The number of hydrogen-bond acceptors (Lipinski definition) is 4. The van der Waals surface area contributed by atoms with E-state index in [1.807, 2.05) is 0 Å². The molecule has 0 unspecified atom stereocenters. The lowest BCUT2D eigenvalue weighted by Crippen LogP contribution is -2.23. The van der Waals surface area contributed by atoms with Crippen LogP contribution in [0.4, 0.5) is 5.69 Å². The fraction of sp³-hybridized carbons (Fsp3) is 0.235. The van der Waals surface area contributed by atoms with Gasteiger partial charge in [-0.3, -0.25) is 9.59 Å². The van der Waals surface area contributed by atoms with Crippen molar-refractivity contribution in [3.63, 3.8) is 0 Å². The number of nitrogens with zero attached hydrogens (tertiary/aromatic N) is 1. The molecule has 0 saturated carbocycles. The maximum Gasteiger partial charge on any atom is 0.337 e. The van der Waals surface area contributed by atoms with Crippen LogP contribution in [-0.2, 0) is 16.1 Å². The number of pyridine rings is 1. The van der Waals surface area contributed by atoms with Gasteiger partial charge in [0.15, 0.2) is 5.43 Å². The lowest BCUT2D eigenvalue weighted by Gasteiger charge is -2.14. The third-order valence-corrected chi connectivity index (χ3v) is 3.45. The number of benzene rings is 1. The predicted octanol–water partition coefficient (Wildman–Crippen LogP) is 1.89. The minimum absolute atomic E-state index is 0.0740. The molecule has 0 aliphatic rings. The summed E-state index contributed by atoms with van der Waals surface area (Å²) in [6.45, 7) is 3.68. The van der Waals surface area contributed by atoms with Crippen molar-refractivity contribution >= 4 is 17.6 Å². The molecule has 0 atom stereocenters. The molecule has 0 spiro atoms. The third-order valence-electron chi connectivity index (χ3n) is 3.45. The van der Waals surface area contributed by atoms with E-state index in [0.29, 0.717) is 11.3 Å². The number of aromatic nitrogens is 1. The zero-order valence-corrected chi connectivity index (χ0v) is 13.3. The minimum Gasteiger partial charge on any atom is -0.465 e. The van der Waals surface area contributed by atoms with Gasteiger partial charge in [0.25, 0.3) is 0 Å². The Labute approximate surface area is 133 Å². The van der Waals surface area contributed by atoms with Gasteiger partial charge in [-0.1, -0.05) is 0 Å². The summed E-state index contributed by atoms with van der Waals surface area (Å²) in [5.41, 5.74) is 2.38. The number of esters is 1. The molecule has 6 nitrogen and oxygen atoms in total. The Balaban J connectivity index is 2.08. The van der Waals surface area contributed by atoms with Crippen molar-refractivity contribution in [2.75, 3.05) is 12.4 Å². The Bertz CT molecular complexity index is 765. The maximum atomic E-state index is 12.1. The van der Waals surface area contributed by atoms with Crippen molar-refractivity contribution in [2.24, 2.45) is 0 Å². The van der Waals surface area contributed by atoms with Crippen molar-refractivity contribution in [1.29, 1.82) is 0 Å². The predicted molar refractivity (Wildman–Crippen MR) is 86.6 cm³/mol. The van der Waals surface area contributed by atoms with E-state index in [1.54, 1.807) is 42.7 Å². The summed E-state index contributed by atoms with van der Waals surface area (Å²) < 4.78 is 6.38. The van der Waals surface area contributed by atoms with Gasteiger partial charge >= 0.3 is 5.97 Å². The number of carbonyl (C=O) groups excluding carboxylic acids is 2. The Morgan fingerprint density at radius 3 is 2.17 bits per heavy atom. The van der Waals surface area contributed by atoms with Gasteiger partial charge in [-0.05, 0) is 38.1 Å². The number of ether oxygens (including phenoxy) is 1. The lowest BCUT2D eigenvalue weighted by atomic mass is 10.2. The Hall–Kier alpha value is -2.89. The highest BCUT2D eigenvalue weighted by Crippen LogP contribution is 2.11. The fourth-order valence-electron chi connectivity index (χ4n) is 2.29. The number of hydrogen-bond donors (Lipinski definition) is 1. The molecule has 23 heavy (non-hydrogen) atoms. The van der Waals surface area contributed by atoms with Crippen LogP contribution in [0.3, 0.4) is 0 Å². The first-order valence-electron chi connectivity index (χ1n) is 7.07. The summed E-state index contributed by atoms with van der Waals surface area (Å²) in [4.78, 5) is 34.9. The van der Waals surface area contributed by atoms with Crippen molar-refractivity contribution in [3.8, 4) is 0 Å². The maximum absolute atomic E-state index is 12.1. The second-order valence-corrected chi connectivity index (χ2v) is 5.18. The minimum atomic E-state index is -0.428. The summed E-state index contributed by atoms with van der Waals surface area (Å²) >= 11 is 0. The van der Waals surface area contributed by atoms with Crippen LogP contribution < -0.4 is 10.7 Å². The van der Waals surface area contributed by atoms with Gasteiger partial charge < -0.3 is 14.6 Å². The van der Waals surface area contributed by atoms with Gasteiger partial charge in [-0.25, -0.2) is 4.79 Å². The molecule has 0 bridgehead atoms. The molecule has 1 aromatic carbocycles. The van der Waals surface area contributed by atoms with E-state index < -0.39 is 5.97 Å². The Kier molecular flexibility index (Phi) is 4.95. The van der Waals surface area contributed by atoms with E-state index in [9.17, 15) is 14.4 Å². The quantitative estimate of drug-likeness (QED) is 0.874. The molecule has 0 aliphatic carbocycles. The largest absolute Gasteiger partial charge is 0.465 e. The number of aryl methyl sites for hydroxylation is 2. The van der Waals surface area contributed by atoms with Gasteiger partial charge in [0.2, 0.25) is 5.91 Å². The van der Waals surface area contributed by atoms with Crippen LogP contribution >= 0.6 is 0 Å². The highest BCUT2D eigenvalue weighted by molar-refractivity contribution is 5.93. The topological polar surface area (TPSA) is 77.4 Å². The molecule has 2 aromatic rings. The van der Waals surface area contributed by atoms with Crippen molar-refractivity contribution < 1.29 is 14.3 Å². The molecular formula is C17H18N2O4. The lowest BCUT2D eigenvalue weighted by molar-refractivity contribution is -0.116. The van der Waals surface area contributed by atoms with E-state index in [-0.39, 0.29) is 17.9 Å². The van der Waals surface area contributed by atoms with Crippen molar-refractivity contribution in [1.82, 2.24) is 4.57 Å². The number of amides is 1. The molecule has 1 aromatic heterocycles. The van der Waals surface area contributed by atoms with Crippen LogP contribution in [-0.4, -0.2) is 23.6 Å². The second-order valence-electron chi connectivity index (χ2n) is 5.18. The van der Waals surface area contributed by atoms with Crippen LogP contribution in [0, 0.1) is 13.8 Å². The van der Waals surface area contributed by atoms with Crippen LogP contribution in [0.25, 0.3) is 0 Å². The van der Waals surface area contributed by atoms with Gasteiger partial charge in [-0.2, -0.15) is 0 Å². The summed E-state index contributed by atoms with van der Waals surface area (Å²) in [6.07, 6.45) is 0. The van der Waals surface area contributed by atoms with Crippen molar-refractivity contribution in [2.45, 2.75) is 20.4 Å². The van der Waals surface area contributed by atoms with E-state index in [2.05, 4.69) is 10.1 Å². The van der Waals surface area contributed by atoms with Crippen LogP contribution in [0.2, 0.25) is 0 Å². The fourth-order valence-corrected chi connectivity index (χ4v) is 2.29. The third kappa shape index (κ3) is 4.06. The number of carbonyl (C=O) groups is 2. The number of rotatable bonds is 4. The first kappa shape index (κ1) is 16.5. The number of nitrogens with one attached hydrogen (secondary N) is 1. The molecule has 0 radical (unpaired) electrons. The second kappa shape index (κ2) is 6.91. The smallest absolute Gasteiger partial charge is 0.337 e. The average molecular weight is 314 g/mol. The molecule has 1 N–H and O–H groups in total. The van der Waals surface area contributed by atoms with Gasteiger partial charge in [0, 0.05) is 29.2 Å². The van der Waals surface area contributed by atoms with E-state index in [1.165, 1.54) is 19.2 Å². The molecule has 0 fully saturated rings. The molecule has 1 heterocycles. The van der Waals surface area contributed by atoms with Gasteiger partial charge in [-0.15, -0.1) is 0 Å². The zero-order valence-electron chi connectivity index (χ0n) is 13.3. The van der Waals surface area contributed by atoms with Crippen molar-refractivity contribution in [3.05, 3.63) is 63.6 Å². The summed E-state index contributed by atoms with van der Waals surface area (Å²) in [5.74, 6) is -0.645. The highest BCUT2D eigenvalue weighted by Gasteiger charge is 2.09. The number of methoxy groups -OCH3 is 1. The molecule has 0 aliphatic heterocycles. The molecule has 6 heteroatoms. The van der Waals surface area contributed by atoms with Crippen LogP contribution in [0.1, 0.15) is 21.7 Å². The first-order valence-corrected chi connectivity index (χ1v) is 7.07. The zero-order chi connectivity index (χ0) is 17.0. The highest BCUT2D eigenvalue weighted by atomic mass is 16.5. The van der Waals surface area contributed by atoms with Gasteiger partial charge in [0.1, 0.15) is 6.54 Å². The number of anilines is 1. The SMILES string of the molecule is COC(=O)c1ccc(NC(=O)Cn2c(C)cc(=O)cc2C)cc1. The standard InChI is InChI=1S/C17H18N2O4/c1-11-8-15(20)9-12(2)19(11)10-16(21)18-14-6-4-13(5-7-14)17(22)23-3/h4-9H,10H2,1-3H3,(H,18,21). The molecule has 120 valence electrons. The van der Waals surface area contributed by atoms with Crippen LogP contribution in [0.5, 0.6) is 0 Å². The molecule has 2 rings (SSSR count). The van der Waals surface area contributed by atoms with E-state index in [0.717, 1.165) is 11.4 Å². The Morgan fingerprint density at radius 2 is 1.65 bits per heavy atom. The average Bonchev–Trinajstić information content (AvgIpc) is 2.51. The Morgan fingerprint density at radius 1 is 1.09 bits per heavy atom. The van der Waals surface area contributed by atoms with E-state index in [4.69, 9.17) is 0 Å². The summed E-state index contributed by atoms with van der Waals surface area (Å²) in [5, 5.41) is 2.75. The van der Waals surface area contributed by atoms with E-state index >= 15 is 0 Å². The molecule has 1 amide bonds. The monoisotopic (exact) mass is 314 g/mol. The van der Waals surface area contributed by atoms with Gasteiger partial charge in [0.05, 0.1) is 12.7 Å². The normalized spacial score (nSPS) is 10.2. The summed E-state index contributed by atoms with van der Waals surface area (Å²) in [6, 6.07) is 9.41. The molecular weight excluding hydrogens is 296 g/mol. The van der Waals surface area contributed by atoms with Crippen LogP contribution in [0.15, 0.2) is 41.2 Å².